The second kappa shape index (κ2) is 4.77. The van der Waals surface area contributed by atoms with Crippen LogP contribution in [-0.2, 0) is 6.42 Å². The van der Waals surface area contributed by atoms with Gasteiger partial charge < -0.3 is 15.3 Å². The average Bonchev–Trinajstić information content (AvgIpc) is 2.49. The van der Waals surface area contributed by atoms with Crippen molar-refractivity contribution in [2.24, 2.45) is 0 Å². The third-order valence-electron chi connectivity index (χ3n) is 4.75. The lowest BCUT2D eigenvalue weighted by molar-refractivity contribution is 0.0409. The molecule has 0 aromatic heterocycles. The van der Waals surface area contributed by atoms with Crippen LogP contribution >= 0.6 is 0 Å². The largest absolute Gasteiger partial charge is 0.507 e. The van der Waals surface area contributed by atoms with Gasteiger partial charge in [0.2, 0.25) is 5.78 Å². The van der Waals surface area contributed by atoms with Gasteiger partial charge in [-0.15, -0.1) is 0 Å². The molecule has 4 rings (SSSR count). The number of Topliss-reactive ketones (excluding diaryl/α,β-unsaturated/α-hetero) is 1. The van der Waals surface area contributed by atoms with Gasteiger partial charge >= 0.3 is 0 Å². The number of ketones is 3. The highest BCUT2D eigenvalue weighted by molar-refractivity contribution is 6.32. The van der Waals surface area contributed by atoms with Gasteiger partial charge in [-0.3, -0.25) is 14.4 Å². The second-order valence-corrected chi connectivity index (χ2v) is 6.81. The van der Waals surface area contributed by atoms with Crippen LogP contribution in [0.4, 0.5) is 0 Å². The van der Waals surface area contributed by atoms with E-state index in [2.05, 4.69) is 0 Å². The van der Waals surface area contributed by atoms with Gasteiger partial charge in [0.25, 0.3) is 0 Å². The van der Waals surface area contributed by atoms with Crippen molar-refractivity contribution in [3.63, 3.8) is 0 Å². The number of phenolic OH excluding ortho intramolecular Hbond substituents is 2. The Bertz CT molecular complexity index is 999. The lowest BCUT2D eigenvalue weighted by Gasteiger charge is -2.32. The SMILES string of the molecule is C[C@@]1(O)CC(=O)c2c(cc(O)c3c2C(=O)c2cccc(O)c2C3=O)C1. The van der Waals surface area contributed by atoms with Crippen molar-refractivity contribution in [2.75, 3.05) is 0 Å². The molecule has 0 saturated carbocycles. The van der Waals surface area contributed by atoms with Crippen LogP contribution in [-0.4, -0.2) is 38.3 Å². The number of phenols is 2. The van der Waals surface area contributed by atoms with E-state index in [9.17, 15) is 29.7 Å². The summed E-state index contributed by atoms with van der Waals surface area (Å²) < 4.78 is 0. The highest BCUT2D eigenvalue weighted by atomic mass is 16.3. The smallest absolute Gasteiger partial charge is 0.201 e. The fourth-order valence-electron chi connectivity index (χ4n) is 3.77. The summed E-state index contributed by atoms with van der Waals surface area (Å²) in [5, 5.41) is 30.5. The zero-order chi connectivity index (χ0) is 18.1. The topological polar surface area (TPSA) is 112 Å². The summed E-state index contributed by atoms with van der Waals surface area (Å²) in [5.41, 5.74) is -1.45. The highest BCUT2D eigenvalue weighted by Gasteiger charge is 2.42. The maximum absolute atomic E-state index is 12.9. The summed E-state index contributed by atoms with van der Waals surface area (Å²) in [5.74, 6) is -2.54. The van der Waals surface area contributed by atoms with Gasteiger partial charge in [0.15, 0.2) is 11.6 Å². The fraction of sp³-hybridized carbons (Fsp3) is 0.211. The predicted molar refractivity (Wildman–Crippen MR) is 86.4 cm³/mol. The molecule has 0 heterocycles. The molecule has 2 aliphatic rings. The molecule has 6 nitrogen and oxygen atoms in total. The van der Waals surface area contributed by atoms with Gasteiger partial charge in [-0.2, -0.15) is 0 Å². The molecule has 2 aliphatic carbocycles. The second-order valence-electron chi connectivity index (χ2n) is 6.81. The molecular weight excluding hydrogens is 324 g/mol. The maximum Gasteiger partial charge on any atom is 0.201 e. The lowest BCUT2D eigenvalue weighted by Crippen LogP contribution is -2.37. The first-order valence-corrected chi connectivity index (χ1v) is 7.77. The lowest BCUT2D eigenvalue weighted by atomic mass is 9.73. The van der Waals surface area contributed by atoms with Crippen LogP contribution in [0, 0.1) is 0 Å². The number of benzene rings is 2. The number of fused-ring (bicyclic) bond motifs is 4. The average molecular weight is 338 g/mol. The molecule has 0 spiro atoms. The Hall–Kier alpha value is -2.99. The number of hydrogen-bond acceptors (Lipinski definition) is 6. The monoisotopic (exact) mass is 338 g/mol. The van der Waals surface area contributed by atoms with Gasteiger partial charge in [-0.05, 0) is 24.6 Å². The molecule has 25 heavy (non-hydrogen) atoms. The van der Waals surface area contributed by atoms with Gasteiger partial charge in [-0.1, -0.05) is 12.1 Å². The van der Waals surface area contributed by atoms with E-state index in [0.717, 1.165) is 0 Å². The minimum atomic E-state index is -1.28. The number of carbonyl (C=O) groups is 3. The summed E-state index contributed by atoms with van der Waals surface area (Å²) in [6, 6.07) is 5.37. The van der Waals surface area contributed by atoms with E-state index in [1.54, 1.807) is 0 Å². The quantitative estimate of drug-likeness (QED) is 0.576. The summed E-state index contributed by atoms with van der Waals surface area (Å²) in [6.07, 6.45) is -0.0884. The number of carbonyl (C=O) groups excluding carboxylic acids is 3. The normalized spacial score (nSPS) is 21.6. The van der Waals surface area contributed by atoms with Crippen LogP contribution in [0.15, 0.2) is 24.3 Å². The Morgan fingerprint density at radius 3 is 2.32 bits per heavy atom. The summed E-state index contributed by atoms with van der Waals surface area (Å²) in [6.45, 7) is 1.50. The molecule has 0 radical (unpaired) electrons. The Morgan fingerprint density at radius 1 is 0.880 bits per heavy atom. The van der Waals surface area contributed by atoms with E-state index in [1.165, 1.54) is 31.2 Å². The van der Waals surface area contributed by atoms with Gasteiger partial charge in [0.1, 0.15) is 11.5 Å². The number of aliphatic hydroxyl groups is 1. The molecule has 0 fully saturated rings. The molecule has 3 N–H and O–H groups in total. The Kier molecular flexibility index (Phi) is 2.96. The third-order valence-corrected chi connectivity index (χ3v) is 4.75. The van der Waals surface area contributed by atoms with E-state index in [4.69, 9.17) is 0 Å². The summed E-state index contributed by atoms with van der Waals surface area (Å²) >= 11 is 0. The van der Waals surface area contributed by atoms with Crippen molar-refractivity contribution >= 4 is 17.3 Å². The summed E-state index contributed by atoms with van der Waals surface area (Å²) in [7, 11) is 0. The molecule has 0 amide bonds. The number of aromatic hydroxyl groups is 2. The van der Waals surface area contributed by atoms with Gasteiger partial charge in [0, 0.05) is 29.5 Å². The third kappa shape index (κ3) is 2.04. The molecule has 2 aromatic rings. The molecule has 0 saturated heterocycles. The Morgan fingerprint density at radius 2 is 1.60 bits per heavy atom. The van der Waals surface area contributed by atoms with Crippen molar-refractivity contribution in [1.29, 1.82) is 0 Å². The van der Waals surface area contributed by atoms with Gasteiger partial charge in [-0.25, -0.2) is 0 Å². The van der Waals surface area contributed by atoms with Gasteiger partial charge in [0.05, 0.1) is 16.7 Å². The van der Waals surface area contributed by atoms with Crippen molar-refractivity contribution < 1.29 is 29.7 Å². The Labute approximate surface area is 142 Å². The molecule has 126 valence electrons. The maximum atomic E-state index is 12.9. The van der Waals surface area contributed by atoms with E-state index < -0.39 is 28.7 Å². The van der Waals surface area contributed by atoms with Crippen molar-refractivity contribution in [1.82, 2.24) is 0 Å². The van der Waals surface area contributed by atoms with Crippen molar-refractivity contribution in [3.05, 3.63) is 57.6 Å². The summed E-state index contributed by atoms with van der Waals surface area (Å²) in [4.78, 5) is 38.3. The van der Waals surface area contributed by atoms with Crippen LogP contribution in [0.25, 0.3) is 0 Å². The first-order chi connectivity index (χ1) is 11.7. The Balaban J connectivity index is 2.07. The zero-order valence-electron chi connectivity index (χ0n) is 13.3. The first kappa shape index (κ1) is 15.5. The van der Waals surface area contributed by atoms with Crippen LogP contribution in [0.3, 0.4) is 0 Å². The van der Waals surface area contributed by atoms with E-state index >= 15 is 0 Å². The molecular formula is C19H14O6. The predicted octanol–water partition coefficient (Wildman–Crippen LogP) is 1.75. The molecule has 0 unspecified atom stereocenters. The molecule has 0 aliphatic heterocycles. The minimum Gasteiger partial charge on any atom is -0.507 e. The number of rotatable bonds is 0. The first-order valence-electron chi connectivity index (χ1n) is 7.77. The van der Waals surface area contributed by atoms with Crippen LogP contribution < -0.4 is 0 Å². The minimum absolute atomic E-state index is 0.00423. The molecule has 1 atom stereocenters. The van der Waals surface area contributed by atoms with Crippen molar-refractivity contribution in [3.8, 4) is 11.5 Å². The molecule has 2 aromatic carbocycles. The standard InChI is InChI=1S/C19H14O6/c1-19(25)6-8-5-11(21)15-16(13(8)12(22)7-19)17(23)9-3-2-4-10(20)14(9)18(15)24/h2-5,20-21,25H,6-7H2,1H3/t19-/m0/s1. The van der Waals surface area contributed by atoms with Crippen LogP contribution in [0.5, 0.6) is 11.5 Å². The highest BCUT2D eigenvalue weighted by Crippen LogP contribution is 2.42. The van der Waals surface area contributed by atoms with Crippen LogP contribution in [0.1, 0.15) is 61.1 Å². The van der Waals surface area contributed by atoms with Crippen LogP contribution in [0.2, 0.25) is 0 Å². The van der Waals surface area contributed by atoms with E-state index in [0.29, 0.717) is 5.56 Å². The van der Waals surface area contributed by atoms with E-state index in [1.807, 2.05) is 0 Å². The van der Waals surface area contributed by atoms with Crippen molar-refractivity contribution in [2.45, 2.75) is 25.4 Å². The van der Waals surface area contributed by atoms with E-state index in [-0.39, 0.29) is 46.4 Å². The molecule has 0 bridgehead atoms. The molecule has 6 heteroatoms. The fourth-order valence-corrected chi connectivity index (χ4v) is 3.77. The number of hydrogen-bond donors (Lipinski definition) is 3. The zero-order valence-corrected chi connectivity index (χ0v) is 13.3.